The van der Waals surface area contributed by atoms with Gasteiger partial charge in [0.1, 0.15) is 4.70 Å². The topological polar surface area (TPSA) is 71.7 Å². The van der Waals surface area contributed by atoms with E-state index in [0.717, 1.165) is 21.8 Å². The number of fused-ring (bicyclic) bond motifs is 1. The monoisotopic (exact) mass is 348 g/mol. The summed E-state index contributed by atoms with van der Waals surface area (Å²) in [5, 5.41) is 10.7. The average molecular weight is 348 g/mol. The van der Waals surface area contributed by atoms with Gasteiger partial charge in [-0.05, 0) is 41.8 Å². The molecule has 5 nitrogen and oxygen atoms in total. The number of nitriles is 1. The quantitative estimate of drug-likeness (QED) is 0.543. The van der Waals surface area contributed by atoms with E-state index >= 15 is 0 Å². The lowest BCUT2D eigenvalue weighted by atomic mass is 10.2. The van der Waals surface area contributed by atoms with Crippen LogP contribution >= 0.6 is 11.3 Å². The molecule has 0 aliphatic rings. The summed E-state index contributed by atoms with van der Waals surface area (Å²) in [5.74, 6) is 0.133. The minimum Gasteiger partial charge on any atom is -0.434 e. The van der Waals surface area contributed by atoms with Crippen molar-refractivity contribution in [3.05, 3.63) is 65.6 Å². The van der Waals surface area contributed by atoms with Crippen LogP contribution in [0.1, 0.15) is 5.56 Å². The first kappa shape index (κ1) is 15.2. The van der Waals surface area contributed by atoms with E-state index in [-0.39, 0.29) is 17.2 Å². The van der Waals surface area contributed by atoms with Gasteiger partial charge in [-0.15, -0.1) is 11.3 Å². The van der Waals surface area contributed by atoms with Crippen LogP contribution in [0.5, 0.6) is 11.6 Å². The van der Waals surface area contributed by atoms with Gasteiger partial charge in [0, 0.05) is 18.0 Å². The number of thiophene rings is 1. The molecule has 3 aromatic heterocycles. The lowest BCUT2D eigenvalue weighted by molar-refractivity contribution is 0.432. The van der Waals surface area contributed by atoms with E-state index in [4.69, 9.17) is 10.00 Å². The van der Waals surface area contributed by atoms with Crippen molar-refractivity contribution in [2.75, 3.05) is 0 Å². The van der Waals surface area contributed by atoms with Crippen LogP contribution in [0.4, 0.5) is 4.39 Å². The zero-order valence-electron chi connectivity index (χ0n) is 12.7. The van der Waals surface area contributed by atoms with Gasteiger partial charge in [0.2, 0.25) is 5.88 Å². The molecule has 0 saturated carbocycles. The van der Waals surface area contributed by atoms with Crippen LogP contribution in [0.3, 0.4) is 0 Å². The molecule has 0 bridgehead atoms. The second kappa shape index (κ2) is 6.26. The highest BCUT2D eigenvalue weighted by atomic mass is 32.1. The van der Waals surface area contributed by atoms with E-state index in [0.29, 0.717) is 5.82 Å². The maximum absolute atomic E-state index is 14.1. The molecule has 0 N–H and O–H groups in total. The van der Waals surface area contributed by atoms with E-state index in [1.54, 1.807) is 24.5 Å². The van der Waals surface area contributed by atoms with Crippen molar-refractivity contribution in [1.29, 1.82) is 5.26 Å². The van der Waals surface area contributed by atoms with E-state index < -0.39 is 5.82 Å². The normalized spacial score (nSPS) is 10.6. The Morgan fingerprint density at radius 2 is 1.92 bits per heavy atom. The fourth-order valence-electron chi connectivity index (χ4n) is 2.29. The van der Waals surface area contributed by atoms with Gasteiger partial charge in [-0.1, -0.05) is 0 Å². The van der Waals surface area contributed by atoms with Gasteiger partial charge < -0.3 is 4.74 Å². The predicted octanol–water partition coefficient (Wildman–Crippen LogP) is 4.56. The van der Waals surface area contributed by atoms with Crippen LogP contribution in [0.15, 0.2) is 54.2 Å². The first-order valence-electron chi connectivity index (χ1n) is 7.28. The summed E-state index contributed by atoms with van der Waals surface area (Å²) < 4.78 is 20.6. The Morgan fingerprint density at radius 3 is 2.68 bits per heavy atom. The van der Waals surface area contributed by atoms with Crippen molar-refractivity contribution >= 4 is 21.6 Å². The third kappa shape index (κ3) is 2.91. The van der Waals surface area contributed by atoms with Crippen molar-refractivity contribution in [2.45, 2.75) is 0 Å². The van der Waals surface area contributed by atoms with Gasteiger partial charge in [-0.2, -0.15) is 10.2 Å². The predicted molar refractivity (Wildman–Crippen MR) is 91.8 cm³/mol. The second-order valence-electron chi connectivity index (χ2n) is 5.08. The number of nitrogens with zero attached hydrogens (tertiary/aromatic N) is 4. The molecule has 0 fully saturated rings. The van der Waals surface area contributed by atoms with Crippen LogP contribution in [-0.4, -0.2) is 15.0 Å². The molecule has 0 atom stereocenters. The molecule has 0 spiro atoms. The Morgan fingerprint density at radius 1 is 1.08 bits per heavy atom. The third-order valence-electron chi connectivity index (χ3n) is 3.48. The molecule has 120 valence electrons. The largest absolute Gasteiger partial charge is 0.434 e. The molecule has 25 heavy (non-hydrogen) atoms. The summed E-state index contributed by atoms with van der Waals surface area (Å²) in [6, 6.07) is 11.4. The van der Waals surface area contributed by atoms with Gasteiger partial charge >= 0.3 is 0 Å². The highest BCUT2D eigenvalue weighted by Gasteiger charge is 2.14. The number of ether oxygens (including phenoxy) is 1. The standard InChI is InChI=1S/C18H9FN4OS/c19-13-9-11(10-20)1-2-15(13)24-18-16-14(5-8-25-16)22-17(23-18)12-3-6-21-7-4-12/h1-9H. The van der Waals surface area contributed by atoms with E-state index in [2.05, 4.69) is 15.0 Å². The van der Waals surface area contributed by atoms with Crippen LogP contribution in [-0.2, 0) is 0 Å². The number of halogens is 1. The maximum Gasteiger partial charge on any atom is 0.241 e. The Balaban J connectivity index is 1.81. The molecular weight excluding hydrogens is 339 g/mol. The zero-order chi connectivity index (χ0) is 17.2. The van der Waals surface area contributed by atoms with Gasteiger partial charge in [0.05, 0.1) is 17.1 Å². The van der Waals surface area contributed by atoms with Crippen molar-refractivity contribution in [3.63, 3.8) is 0 Å². The van der Waals surface area contributed by atoms with Gasteiger partial charge in [-0.3, -0.25) is 4.98 Å². The summed E-state index contributed by atoms with van der Waals surface area (Å²) in [6.45, 7) is 0. The Hall–Kier alpha value is -3.37. The van der Waals surface area contributed by atoms with Crippen molar-refractivity contribution in [1.82, 2.24) is 15.0 Å². The SMILES string of the molecule is N#Cc1ccc(Oc2nc(-c3ccncc3)nc3ccsc23)c(F)c1. The number of rotatable bonds is 3. The smallest absolute Gasteiger partial charge is 0.241 e. The molecule has 4 aromatic rings. The van der Waals surface area contributed by atoms with E-state index in [1.165, 1.54) is 23.5 Å². The second-order valence-corrected chi connectivity index (χ2v) is 6.00. The molecule has 0 aliphatic heterocycles. The molecule has 0 radical (unpaired) electrons. The van der Waals surface area contributed by atoms with Crippen LogP contribution in [0, 0.1) is 17.1 Å². The Bertz CT molecular complexity index is 1110. The van der Waals surface area contributed by atoms with Crippen molar-refractivity contribution in [3.8, 4) is 29.1 Å². The Labute approximate surface area is 146 Å². The van der Waals surface area contributed by atoms with Crippen molar-refractivity contribution < 1.29 is 9.13 Å². The number of hydrogen-bond donors (Lipinski definition) is 0. The molecule has 3 heterocycles. The Kier molecular flexibility index (Phi) is 3.80. The molecule has 1 aromatic carbocycles. The molecule has 7 heteroatoms. The van der Waals surface area contributed by atoms with Gasteiger partial charge in [0.25, 0.3) is 0 Å². The average Bonchev–Trinajstić information content (AvgIpc) is 3.13. The van der Waals surface area contributed by atoms with E-state index in [9.17, 15) is 4.39 Å². The first-order chi connectivity index (χ1) is 12.2. The van der Waals surface area contributed by atoms with Crippen LogP contribution in [0.25, 0.3) is 21.6 Å². The summed E-state index contributed by atoms with van der Waals surface area (Å²) in [5.41, 5.74) is 1.73. The first-order valence-corrected chi connectivity index (χ1v) is 8.16. The minimum absolute atomic E-state index is 0.00748. The fraction of sp³-hybridized carbons (Fsp3) is 0. The summed E-state index contributed by atoms with van der Waals surface area (Å²) in [7, 11) is 0. The van der Waals surface area contributed by atoms with Crippen LogP contribution < -0.4 is 4.74 Å². The van der Waals surface area contributed by atoms with Gasteiger partial charge in [0.15, 0.2) is 17.4 Å². The highest BCUT2D eigenvalue weighted by Crippen LogP contribution is 2.34. The maximum atomic E-state index is 14.1. The number of hydrogen-bond acceptors (Lipinski definition) is 6. The molecule has 0 saturated heterocycles. The van der Waals surface area contributed by atoms with E-state index in [1.807, 2.05) is 17.5 Å². The number of benzene rings is 1. The lowest BCUT2D eigenvalue weighted by Crippen LogP contribution is -1.96. The summed E-state index contributed by atoms with van der Waals surface area (Å²) in [6.07, 6.45) is 3.30. The summed E-state index contributed by atoms with van der Waals surface area (Å²) >= 11 is 1.41. The molecule has 0 aliphatic carbocycles. The zero-order valence-corrected chi connectivity index (χ0v) is 13.5. The molecular formula is C18H9FN4OS. The number of aromatic nitrogens is 3. The lowest BCUT2D eigenvalue weighted by Gasteiger charge is -2.09. The van der Waals surface area contributed by atoms with Crippen molar-refractivity contribution in [2.24, 2.45) is 0 Å². The third-order valence-corrected chi connectivity index (χ3v) is 4.37. The number of pyridine rings is 1. The summed E-state index contributed by atoms with van der Waals surface area (Å²) in [4.78, 5) is 12.9. The highest BCUT2D eigenvalue weighted by molar-refractivity contribution is 7.17. The molecule has 4 rings (SSSR count). The molecule has 0 unspecified atom stereocenters. The van der Waals surface area contributed by atoms with Gasteiger partial charge in [-0.25, -0.2) is 9.37 Å². The molecule has 0 amide bonds. The minimum atomic E-state index is -0.618. The van der Waals surface area contributed by atoms with Crippen LogP contribution in [0.2, 0.25) is 0 Å². The fourth-order valence-corrected chi connectivity index (χ4v) is 3.05.